The van der Waals surface area contributed by atoms with E-state index in [1.807, 2.05) is 12.1 Å². The molecule has 0 bridgehead atoms. The highest BCUT2D eigenvalue weighted by atomic mass is 35.5. The monoisotopic (exact) mass is 332 g/mol. The van der Waals surface area contributed by atoms with Crippen LogP contribution in [0.3, 0.4) is 0 Å². The molecule has 1 aromatic carbocycles. The number of furan rings is 1. The minimum absolute atomic E-state index is 0.163. The Hall–Kier alpha value is -2.27. The van der Waals surface area contributed by atoms with Gasteiger partial charge in [-0.1, -0.05) is 30.7 Å². The first-order valence-electron chi connectivity index (χ1n) is 7.42. The van der Waals surface area contributed by atoms with Crippen LogP contribution >= 0.6 is 11.6 Å². The van der Waals surface area contributed by atoms with Gasteiger partial charge in [0.15, 0.2) is 6.61 Å². The van der Waals surface area contributed by atoms with Crippen LogP contribution in [-0.2, 0) is 4.79 Å². The molecular weight excluding hydrogens is 316 g/mol. The third-order valence-electron chi connectivity index (χ3n) is 3.70. The molecule has 1 aliphatic rings. The van der Waals surface area contributed by atoms with E-state index in [9.17, 15) is 4.79 Å². The SMILES string of the molecule is C[C@@H]1C[C@@H]1c1ccc(/C=N\NC(=O)COc2ccccc2Cl)o1. The lowest BCUT2D eigenvalue weighted by atomic mass is 10.3. The molecule has 1 saturated carbocycles. The fourth-order valence-corrected chi connectivity index (χ4v) is 2.45. The van der Waals surface area contributed by atoms with E-state index in [1.165, 1.54) is 12.6 Å². The topological polar surface area (TPSA) is 63.8 Å². The predicted octanol–water partition coefficient (Wildman–Crippen LogP) is 3.59. The number of amides is 1. The van der Waals surface area contributed by atoms with Gasteiger partial charge in [0.25, 0.3) is 5.91 Å². The number of hydrazone groups is 1. The number of para-hydroxylation sites is 1. The number of hydrogen-bond donors (Lipinski definition) is 1. The van der Waals surface area contributed by atoms with E-state index in [4.69, 9.17) is 20.8 Å². The Bertz CT molecular complexity index is 726. The molecule has 23 heavy (non-hydrogen) atoms. The molecule has 3 rings (SSSR count). The Morgan fingerprint density at radius 3 is 2.96 bits per heavy atom. The molecule has 0 radical (unpaired) electrons. The number of ether oxygens (including phenoxy) is 1. The van der Waals surface area contributed by atoms with Gasteiger partial charge in [-0.05, 0) is 36.6 Å². The maximum Gasteiger partial charge on any atom is 0.277 e. The van der Waals surface area contributed by atoms with Crippen LogP contribution in [-0.4, -0.2) is 18.7 Å². The summed E-state index contributed by atoms with van der Waals surface area (Å²) in [7, 11) is 0. The van der Waals surface area contributed by atoms with Crippen molar-refractivity contribution in [1.82, 2.24) is 5.43 Å². The molecule has 0 saturated heterocycles. The summed E-state index contributed by atoms with van der Waals surface area (Å²) in [6.07, 6.45) is 2.64. The number of rotatable bonds is 6. The van der Waals surface area contributed by atoms with Gasteiger partial charge in [-0.25, -0.2) is 5.43 Å². The Kier molecular flexibility index (Phi) is 4.67. The lowest BCUT2D eigenvalue weighted by molar-refractivity contribution is -0.123. The van der Waals surface area contributed by atoms with Gasteiger partial charge in [0.1, 0.15) is 17.3 Å². The summed E-state index contributed by atoms with van der Waals surface area (Å²) >= 11 is 5.94. The minimum atomic E-state index is -0.372. The Labute approximate surface area is 139 Å². The quantitative estimate of drug-likeness (QED) is 0.649. The summed E-state index contributed by atoms with van der Waals surface area (Å²) in [6.45, 7) is 2.03. The van der Waals surface area contributed by atoms with E-state index in [-0.39, 0.29) is 12.5 Å². The molecule has 1 aromatic heterocycles. The zero-order chi connectivity index (χ0) is 16.2. The largest absolute Gasteiger partial charge is 0.482 e. The maximum atomic E-state index is 11.7. The molecule has 1 amide bonds. The fourth-order valence-electron chi connectivity index (χ4n) is 2.26. The third kappa shape index (κ3) is 4.13. The van der Waals surface area contributed by atoms with Gasteiger partial charge in [-0.3, -0.25) is 4.79 Å². The zero-order valence-corrected chi connectivity index (χ0v) is 13.4. The van der Waals surface area contributed by atoms with Crippen molar-refractivity contribution in [2.75, 3.05) is 6.61 Å². The second kappa shape index (κ2) is 6.87. The summed E-state index contributed by atoms with van der Waals surface area (Å²) in [6, 6.07) is 10.8. The number of benzene rings is 1. The molecule has 6 heteroatoms. The Morgan fingerprint density at radius 1 is 1.43 bits per heavy atom. The molecule has 1 fully saturated rings. The summed E-state index contributed by atoms with van der Waals surface area (Å²) in [4.78, 5) is 11.7. The first-order chi connectivity index (χ1) is 11.1. The van der Waals surface area contributed by atoms with Crippen LogP contribution in [0.1, 0.15) is 30.8 Å². The zero-order valence-electron chi connectivity index (χ0n) is 12.7. The Balaban J connectivity index is 1.45. The number of hydrogen-bond acceptors (Lipinski definition) is 4. The number of nitrogens with zero attached hydrogens (tertiary/aromatic N) is 1. The van der Waals surface area contributed by atoms with Crippen molar-refractivity contribution in [2.45, 2.75) is 19.3 Å². The molecule has 0 unspecified atom stereocenters. The number of nitrogens with one attached hydrogen (secondary N) is 1. The van der Waals surface area contributed by atoms with Crippen LogP contribution in [0.15, 0.2) is 45.9 Å². The predicted molar refractivity (Wildman–Crippen MR) is 87.9 cm³/mol. The maximum absolute atomic E-state index is 11.7. The minimum Gasteiger partial charge on any atom is -0.482 e. The lowest BCUT2D eigenvalue weighted by Gasteiger charge is -2.05. The lowest BCUT2D eigenvalue weighted by Crippen LogP contribution is -2.24. The van der Waals surface area contributed by atoms with Gasteiger partial charge in [0.05, 0.1) is 11.2 Å². The van der Waals surface area contributed by atoms with E-state index in [0.717, 1.165) is 5.76 Å². The van der Waals surface area contributed by atoms with Gasteiger partial charge in [0.2, 0.25) is 0 Å². The number of carbonyl (C=O) groups is 1. The fraction of sp³-hybridized carbons (Fsp3) is 0.294. The average molecular weight is 333 g/mol. The highest BCUT2D eigenvalue weighted by Crippen LogP contribution is 2.47. The first kappa shape index (κ1) is 15.6. The van der Waals surface area contributed by atoms with Crippen molar-refractivity contribution in [3.63, 3.8) is 0 Å². The number of halogens is 1. The van der Waals surface area contributed by atoms with E-state index in [1.54, 1.807) is 24.3 Å². The van der Waals surface area contributed by atoms with Gasteiger partial charge in [-0.2, -0.15) is 5.10 Å². The van der Waals surface area contributed by atoms with E-state index in [2.05, 4.69) is 17.5 Å². The van der Waals surface area contributed by atoms with Crippen LogP contribution in [0, 0.1) is 5.92 Å². The molecule has 1 N–H and O–H groups in total. The third-order valence-corrected chi connectivity index (χ3v) is 4.01. The first-order valence-corrected chi connectivity index (χ1v) is 7.80. The molecule has 120 valence electrons. The van der Waals surface area contributed by atoms with Crippen LogP contribution < -0.4 is 10.2 Å². The van der Waals surface area contributed by atoms with Crippen molar-refractivity contribution in [2.24, 2.45) is 11.0 Å². The molecule has 5 nitrogen and oxygen atoms in total. The van der Waals surface area contributed by atoms with Crippen molar-refractivity contribution in [3.8, 4) is 5.75 Å². The molecule has 0 aliphatic heterocycles. The van der Waals surface area contributed by atoms with Crippen molar-refractivity contribution >= 4 is 23.7 Å². The molecular formula is C17H17ClN2O3. The Morgan fingerprint density at radius 2 is 2.22 bits per heavy atom. The van der Waals surface area contributed by atoms with Gasteiger partial charge in [-0.15, -0.1) is 0 Å². The molecule has 2 atom stereocenters. The van der Waals surface area contributed by atoms with Gasteiger partial charge < -0.3 is 9.15 Å². The molecule has 1 aliphatic carbocycles. The van der Waals surface area contributed by atoms with Crippen molar-refractivity contribution in [3.05, 3.63) is 52.9 Å². The summed E-state index contributed by atoms with van der Waals surface area (Å²) in [5.74, 6) is 2.90. The molecule has 1 heterocycles. The van der Waals surface area contributed by atoms with Crippen LogP contribution in [0.5, 0.6) is 5.75 Å². The normalized spacial score (nSPS) is 19.7. The summed E-state index contributed by atoms with van der Waals surface area (Å²) < 4.78 is 11.0. The van der Waals surface area contributed by atoms with E-state index >= 15 is 0 Å². The number of carbonyl (C=O) groups excluding carboxylic acids is 1. The second-order valence-corrected chi connectivity index (χ2v) is 5.98. The van der Waals surface area contributed by atoms with Crippen LogP contribution in [0.4, 0.5) is 0 Å². The second-order valence-electron chi connectivity index (χ2n) is 5.57. The van der Waals surface area contributed by atoms with Crippen LogP contribution in [0.25, 0.3) is 0 Å². The standard InChI is InChI=1S/C17H17ClN2O3/c1-11-8-13(11)15-7-6-12(23-15)9-19-20-17(21)10-22-16-5-3-2-4-14(16)18/h2-7,9,11,13H,8,10H2,1H3,(H,20,21)/b19-9-/t11-,13+/m1/s1. The van der Waals surface area contributed by atoms with E-state index < -0.39 is 0 Å². The highest BCUT2D eigenvalue weighted by Gasteiger charge is 2.36. The average Bonchev–Trinajstić information content (AvgIpc) is 3.08. The summed E-state index contributed by atoms with van der Waals surface area (Å²) in [5, 5.41) is 4.32. The van der Waals surface area contributed by atoms with Crippen LogP contribution in [0.2, 0.25) is 5.02 Å². The van der Waals surface area contributed by atoms with Crippen molar-refractivity contribution < 1.29 is 13.9 Å². The smallest absolute Gasteiger partial charge is 0.277 e. The van der Waals surface area contributed by atoms with Gasteiger partial charge in [0, 0.05) is 5.92 Å². The molecule has 2 aromatic rings. The summed E-state index contributed by atoms with van der Waals surface area (Å²) in [5.41, 5.74) is 2.39. The molecule has 0 spiro atoms. The van der Waals surface area contributed by atoms with Gasteiger partial charge >= 0.3 is 0 Å². The van der Waals surface area contributed by atoms with E-state index in [0.29, 0.717) is 28.4 Å². The van der Waals surface area contributed by atoms with Crippen molar-refractivity contribution in [1.29, 1.82) is 0 Å². The highest BCUT2D eigenvalue weighted by molar-refractivity contribution is 6.32.